The molecule has 1 heteroatoms. The average Bonchev–Trinajstić information content (AvgIpc) is 3.03. The summed E-state index contributed by atoms with van der Waals surface area (Å²) in [6.07, 6.45) is 14.4. The first-order valence-electron chi connectivity index (χ1n) is 13.2. The van der Waals surface area contributed by atoms with Crippen LogP contribution in [0.1, 0.15) is 112 Å². The van der Waals surface area contributed by atoms with Crippen molar-refractivity contribution in [1.82, 2.24) is 0 Å². The van der Waals surface area contributed by atoms with Gasteiger partial charge in [0.1, 0.15) is 5.78 Å². The van der Waals surface area contributed by atoms with E-state index in [2.05, 4.69) is 41.5 Å². The minimum atomic E-state index is 0.467. The van der Waals surface area contributed by atoms with Crippen molar-refractivity contribution in [3.05, 3.63) is 0 Å². The number of ketones is 1. The Balaban J connectivity index is 1.46. The lowest BCUT2D eigenvalue weighted by Gasteiger charge is -2.60. The highest BCUT2D eigenvalue weighted by Gasteiger charge is 2.60. The Morgan fingerprint density at radius 2 is 1.59 bits per heavy atom. The van der Waals surface area contributed by atoms with Crippen molar-refractivity contribution in [2.45, 2.75) is 112 Å². The molecule has 0 aromatic heterocycles. The van der Waals surface area contributed by atoms with Gasteiger partial charge in [-0.3, -0.25) is 4.79 Å². The van der Waals surface area contributed by atoms with Gasteiger partial charge in [-0.15, -0.1) is 0 Å². The van der Waals surface area contributed by atoms with E-state index in [4.69, 9.17) is 0 Å². The molecule has 4 saturated carbocycles. The second-order valence-corrected chi connectivity index (χ2v) is 12.9. The fourth-order valence-electron chi connectivity index (χ4n) is 9.08. The van der Waals surface area contributed by atoms with Crippen molar-refractivity contribution >= 4 is 5.78 Å². The van der Waals surface area contributed by atoms with Crippen LogP contribution in [0, 0.1) is 58.2 Å². The number of hydrogen-bond acceptors (Lipinski definition) is 1. The maximum atomic E-state index is 12.1. The Morgan fingerprint density at radius 3 is 2.31 bits per heavy atom. The van der Waals surface area contributed by atoms with Gasteiger partial charge >= 0.3 is 0 Å². The summed E-state index contributed by atoms with van der Waals surface area (Å²) in [5, 5.41) is 0. The Labute approximate surface area is 181 Å². The first-order chi connectivity index (χ1) is 13.7. The molecule has 4 aliphatic rings. The van der Waals surface area contributed by atoms with Crippen LogP contribution in [0.2, 0.25) is 0 Å². The summed E-state index contributed by atoms with van der Waals surface area (Å²) in [4.78, 5) is 12.1. The van der Waals surface area contributed by atoms with Crippen LogP contribution in [0.15, 0.2) is 0 Å². The molecule has 0 aliphatic heterocycles. The quantitative estimate of drug-likeness (QED) is 0.458. The molecule has 9 atom stereocenters. The summed E-state index contributed by atoms with van der Waals surface area (Å²) in [7, 11) is 0. The SMILES string of the molecule is CC(C)[C@H](C)CC[C@@H](C)[C@H]1CC[C@H]2[C@@H]3CC[C@H]4CC(=O)CC[C@]4(C)[C@H]3CC[C@]12C. The van der Waals surface area contributed by atoms with Gasteiger partial charge in [0.05, 0.1) is 0 Å². The minimum absolute atomic E-state index is 0.467. The van der Waals surface area contributed by atoms with Gasteiger partial charge in [-0.2, -0.15) is 0 Å². The van der Waals surface area contributed by atoms with Gasteiger partial charge in [0.2, 0.25) is 0 Å². The number of carbonyl (C=O) groups excluding carboxylic acids is 1. The third kappa shape index (κ3) is 3.65. The molecule has 0 amide bonds. The van der Waals surface area contributed by atoms with Gasteiger partial charge in [0.25, 0.3) is 0 Å². The predicted molar refractivity (Wildman–Crippen MR) is 123 cm³/mol. The molecule has 0 aromatic carbocycles. The molecule has 29 heavy (non-hydrogen) atoms. The number of carbonyl (C=O) groups is 1. The highest BCUT2D eigenvalue weighted by molar-refractivity contribution is 5.79. The lowest BCUT2D eigenvalue weighted by Crippen LogP contribution is -2.53. The molecule has 166 valence electrons. The van der Waals surface area contributed by atoms with Gasteiger partial charge in [0.15, 0.2) is 0 Å². The molecule has 0 saturated heterocycles. The van der Waals surface area contributed by atoms with Crippen molar-refractivity contribution in [1.29, 1.82) is 0 Å². The third-order valence-corrected chi connectivity index (χ3v) is 11.5. The summed E-state index contributed by atoms with van der Waals surface area (Å²) in [5.74, 6) is 7.60. The van der Waals surface area contributed by atoms with Crippen LogP contribution in [0.3, 0.4) is 0 Å². The van der Waals surface area contributed by atoms with Crippen LogP contribution in [-0.4, -0.2) is 5.78 Å². The molecular formula is C28H48O. The maximum absolute atomic E-state index is 12.1. The zero-order valence-corrected chi connectivity index (χ0v) is 20.3. The summed E-state index contributed by atoms with van der Waals surface area (Å²) >= 11 is 0. The molecule has 0 radical (unpaired) electrons. The van der Waals surface area contributed by atoms with Crippen LogP contribution >= 0.6 is 0 Å². The van der Waals surface area contributed by atoms with Crippen molar-refractivity contribution in [2.24, 2.45) is 58.2 Å². The number of rotatable bonds is 5. The largest absolute Gasteiger partial charge is 0.300 e. The van der Waals surface area contributed by atoms with Crippen LogP contribution < -0.4 is 0 Å². The Kier molecular flexibility index (Phi) is 6.02. The smallest absolute Gasteiger partial charge is 0.133 e. The predicted octanol–water partition coefficient (Wildman–Crippen LogP) is 7.92. The topological polar surface area (TPSA) is 17.1 Å². The van der Waals surface area contributed by atoms with Crippen molar-refractivity contribution in [3.63, 3.8) is 0 Å². The van der Waals surface area contributed by atoms with Gasteiger partial charge < -0.3 is 0 Å². The lowest BCUT2D eigenvalue weighted by atomic mass is 9.44. The third-order valence-electron chi connectivity index (χ3n) is 11.5. The standard InChI is InChI=1S/C28H48O/c1-18(2)19(3)7-8-20(4)24-11-12-25-23-10-9-21-17-22(29)13-15-27(21,5)26(23)14-16-28(24,25)6/h18-21,23-26H,7-17H2,1-6H3/t19-,20-,21+,23+,24-,25+,26+,27+,28-/m1/s1. The van der Waals surface area contributed by atoms with Gasteiger partial charge in [-0.25, -0.2) is 0 Å². The number of hydrogen-bond donors (Lipinski definition) is 0. The van der Waals surface area contributed by atoms with Crippen LogP contribution in [0.25, 0.3) is 0 Å². The normalized spacial score (nSPS) is 46.7. The second-order valence-electron chi connectivity index (χ2n) is 12.9. The zero-order chi connectivity index (χ0) is 21.0. The highest BCUT2D eigenvalue weighted by atomic mass is 16.1. The molecule has 4 fully saturated rings. The molecule has 0 heterocycles. The second kappa shape index (κ2) is 7.98. The van der Waals surface area contributed by atoms with E-state index in [9.17, 15) is 4.79 Å². The molecule has 1 nitrogen and oxygen atoms in total. The summed E-state index contributed by atoms with van der Waals surface area (Å²) < 4.78 is 0. The monoisotopic (exact) mass is 400 g/mol. The highest BCUT2D eigenvalue weighted by Crippen LogP contribution is 2.68. The Morgan fingerprint density at radius 1 is 0.862 bits per heavy atom. The maximum Gasteiger partial charge on any atom is 0.133 e. The van der Waals surface area contributed by atoms with E-state index in [0.717, 1.165) is 54.3 Å². The summed E-state index contributed by atoms with van der Waals surface area (Å²) in [6, 6.07) is 0. The fraction of sp³-hybridized carbons (Fsp3) is 0.964. The molecule has 0 spiro atoms. The Bertz CT molecular complexity index is 607. The molecule has 4 aliphatic carbocycles. The fourth-order valence-corrected chi connectivity index (χ4v) is 9.08. The molecule has 4 rings (SSSR count). The molecule has 0 N–H and O–H groups in total. The number of fused-ring (bicyclic) bond motifs is 5. The van der Waals surface area contributed by atoms with E-state index < -0.39 is 0 Å². The van der Waals surface area contributed by atoms with E-state index in [1.54, 1.807) is 0 Å². The molecular weight excluding hydrogens is 352 g/mol. The first kappa shape index (κ1) is 21.9. The van der Waals surface area contributed by atoms with E-state index in [1.807, 2.05) is 0 Å². The van der Waals surface area contributed by atoms with Crippen LogP contribution in [0.5, 0.6) is 0 Å². The molecule has 0 bridgehead atoms. The molecule has 0 aromatic rings. The van der Waals surface area contributed by atoms with E-state index >= 15 is 0 Å². The average molecular weight is 401 g/mol. The van der Waals surface area contributed by atoms with E-state index in [1.165, 1.54) is 57.8 Å². The lowest BCUT2D eigenvalue weighted by molar-refractivity contribution is -0.140. The van der Waals surface area contributed by atoms with Gasteiger partial charge in [-0.1, -0.05) is 54.4 Å². The van der Waals surface area contributed by atoms with Crippen molar-refractivity contribution in [3.8, 4) is 0 Å². The van der Waals surface area contributed by atoms with E-state index in [0.29, 0.717) is 22.5 Å². The van der Waals surface area contributed by atoms with Crippen LogP contribution in [0.4, 0.5) is 0 Å². The van der Waals surface area contributed by atoms with Gasteiger partial charge in [-0.05, 0) is 103 Å². The van der Waals surface area contributed by atoms with Gasteiger partial charge in [0, 0.05) is 12.8 Å². The Hall–Kier alpha value is -0.330. The molecule has 0 unspecified atom stereocenters. The summed E-state index contributed by atoms with van der Waals surface area (Å²) in [6.45, 7) is 15.1. The van der Waals surface area contributed by atoms with Crippen molar-refractivity contribution in [2.75, 3.05) is 0 Å². The minimum Gasteiger partial charge on any atom is -0.300 e. The first-order valence-corrected chi connectivity index (χ1v) is 13.2. The van der Waals surface area contributed by atoms with Crippen LogP contribution in [-0.2, 0) is 4.79 Å². The van der Waals surface area contributed by atoms with Crippen molar-refractivity contribution < 1.29 is 4.79 Å². The number of Topliss-reactive ketones (excluding diaryl/α,β-unsaturated/α-hetero) is 1. The summed E-state index contributed by atoms with van der Waals surface area (Å²) in [5.41, 5.74) is 1.06. The zero-order valence-electron chi connectivity index (χ0n) is 20.3. The van der Waals surface area contributed by atoms with E-state index in [-0.39, 0.29) is 0 Å².